The first-order chi connectivity index (χ1) is 17.3. The van der Waals surface area contributed by atoms with Gasteiger partial charge >= 0.3 is 5.69 Å². The van der Waals surface area contributed by atoms with Crippen LogP contribution >= 0.6 is 0 Å². The first-order valence-corrected chi connectivity index (χ1v) is 12.1. The second-order valence-corrected chi connectivity index (χ2v) is 9.64. The highest BCUT2D eigenvalue weighted by Crippen LogP contribution is 2.34. The summed E-state index contributed by atoms with van der Waals surface area (Å²) in [6, 6.07) is 16.5. The fourth-order valence-corrected chi connectivity index (χ4v) is 5.12. The molecule has 3 aromatic heterocycles. The maximum atomic E-state index is 13.8. The number of benzene rings is 2. The van der Waals surface area contributed by atoms with Crippen molar-refractivity contribution in [3.8, 4) is 5.69 Å². The third-order valence-electron chi connectivity index (χ3n) is 7.46. The molecule has 2 aromatic carbocycles. The van der Waals surface area contributed by atoms with Crippen molar-refractivity contribution in [2.75, 3.05) is 5.32 Å². The molecule has 1 N–H and O–H groups in total. The maximum Gasteiger partial charge on any atom is 0.337 e. The molecule has 0 bridgehead atoms. The molecule has 1 saturated carbocycles. The molecule has 1 aliphatic carbocycles. The molecule has 0 amide bonds. The van der Waals surface area contributed by atoms with Crippen LogP contribution in [0.25, 0.3) is 27.6 Å². The SMILES string of the molecule is Cc1c(C)n(C)c2ccc(Nc3cc(=O)n(C)c4c3c(=O)n(C3CC3)c(=O)n4-c3ccccc3)cc12. The summed E-state index contributed by atoms with van der Waals surface area (Å²) in [7, 11) is 3.63. The third-order valence-corrected chi connectivity index (χ3v) is 7.46. The van der Waals surface area contributed by atoms with Crippen LogP contribution in [0.1, 0.15) is 30.1 Å². The Kier molecular flexibility index (Phi) is 4.83. The number of hydrogen-bond acceptors (Lipinski definition) is 4. The number of aromatic nitrogens is 4. The normalized spacial score (nSPS) is 13.6. The topological polar surface area (TPSA) is 83.0 Å². The minimum absolute atomic E-state index is 0.124. The van der Waals surface area contributed by atoms with E-state index in [1.54, 1.807) is 7.05 Å². The molecule has 0 aliphatic heterocycles. The lowest BCUT2D eigenvalue weighted by Crippen LogP contribution is -2.41. The predicted octanol–water partition coefficient (Wildman–Crippen LogP) is 4.04. The van der Waals surface area contributed by atoms with Gasteiger partial charge in [0, 0.05) is 48.5 Å². The van der Waals surface area contributed by atoms with Crippen LogP contribution in [0.15, 0.2) is 69.0 Å². The van der Waals surface area contributed by atoms with Crippen molar-refractivity contribution in [1.29, 1.82) is 0 Å². The number of rotatable bonds is 4. The minimum Gasteiger partial charge on any atom is -0.355 e. The largest absolute Gasteiger partial charge is 0.355 e. The number of nitrogens with one attached hydrogen (secondary N) is 1. The zero-order valence-electron chi connectivity index (χ0n) is 20.7. The average molecular weight is 482 g/mol. The molecule has 1 fully saturated rings. The quantitative estimate of drug-likeness (QED) is 0.420. The molecule has 182 valence electrons. The highest BCUT2D eigenvalue weighted by molar-refractivity contribution is 5.94. The second-order valence-electron chi connectivity index (χ2n) is 9.64. The Balaban J connectivity index is 1.66. The summed E-state index contributed by atoms with van der Waals surface area (Å²) in [6.07, 6.45) is 1.57. The number of fused-ring (bicyclic) bond motifs is 2. The zero-order valence-corrected chi connectivity index (χ0v) is 20.7. The van der Waals surface area contributed by atoms with Gasteiger partial charge in [0.1, 0.15) is 11.0 Å². The van der Waals surface area contributed by atoms with Gasteiger partial charge in [0.15, 0.2) is 0 Å². The summed E-state index contributed by atoms with van der Waals surface area (Å²) in [5.74, 6) is 0. The van der Waals surface area contributed by atoms with Gasteiger partial charge in [-0.3, -0.25) is 18.7 Å². The highest BCUT2D eigenvalue weighted by atomic mass is 16.2. The van der Waals surface area contributed by atoms with E-state index in [-0.39, 0.29) is 22.8 Å². The van der Waals surface area contributed by atoms with Crippen LogP contribution in [-0.2, 0) is 14.1 Å². The fraction of sp³-hybridized carbons (Fsp3) is 0.250. The summed E-state index contributed by atoms with van der Waals surface area (Å²) < 4.78 is 6.35. The van der Waals surface area contributed by atoms with Gasteiger partial charge in [-0.05, 0) is 62.6 Å². The number of pyridine rings is 1. The zero-order chi connectivity index (χ0) is 25.3. The molecule has 3 heterocycles. The average Bonchev–Trinajstić information content (AvgIpc) is 3.68. The Labute approximate surface area is 206 Å². The Morgan fingerprint density at radius 3 is 2.31 bits per heavy atom. The molecule has 36 heavy (non-hydrogen) atoms. The van der Waals surface area contributed by atoms with Crippen molar-refractivity contribution in [2.24, 2.45) is 14.1 Å². The van der Waals surface area contributed by atoms with E-state index in [1.165, 1.54) is 31.0 Å². The highest BCUT2D eigenvalue weighted by Gasteiger charge is 2.30. The van der Waals surface area contributed by atoms with Crippen LogP contribution < -0.4 is 22.1 Å². The Bertz CT molecular complexity index is 1870. The van der Waals surface area contributed by atoms with E-state index in [0.717, 1.165) is 29.4 Å². The van der Waals surface area contributed by atoms with Crippen LogP contribution in [-0.4, -0.2) is 18.3 Å². The van der Waals surface area contributed by atoms with Crippen molar-refractivity contribution in [2.45, 2.75) is 32.7 Å². The number of nitrogens with zero attached hydrogens (tertiary/aromatic N) is 4. The monoisotopic (exact) mass is 481 g/mol. The van der Waals surface area contributed by atoms with Crippen molar-refractivity contribution in [3.63, 3.8) is 0 Å². The van der Waals surface area contributed by atoms with Crippen molar-refractivity contribution in [1.82, 2.24) is 18.3 Å². The molecule has 8 heteroatoms. The molecule has 5 aromatic rings. The van der Waals surface area contributed by atoms with Gasteiger partial charge in [-0.2, -0.15) is 0 Å². The first-order valence-electron chi connectivity index (χ1n) is 12.1. The Morgan fingerprint density at radius 1 is 0.889 bits per heavy atom. The summed E-state index contributed by atoms with van der Waals surface area (Å²) in [4.78, 5) is 40.5. The number of para-hydroxylation sites is 1. The van der Waals surface area contributed by atoms with Gasteiger partial charge in [-0.15, -0.1) is 0 Å². The van der Waals surface area contributed by atoms with Gasteiger partial charge in [-0.25, -0.2) is 9.36 Å². The van der Waals surface area contributed by atoms with Gasteiger partial charge in [0.05, 0.1) is 11.4 Å². The maximum absolute atomic E-state index is 13.8. The fourth-order valence-electron chi connectivity index (χ4n) is 5.12. The van der Waals surface area contributed by atoms with E-state index in [2.05, 4.69) is 23.7 Å². The summed E-state index contributed by atoms with van der Waals surface area (Å²) in [5.41, 5.74) is 4.38. The van der Waals surface area contributed by atoms with Gasteiger partial charge in [-0.1, -0.05) is 18.2 Å². The predicted molar refractivity (Wildman–Crippen MR) is 143 cm³/mol. The van der Waals surface area contributed by atoms with Gasteiger partial charge < -0.3 is 9.88 Å². The molecule has 6 rings (SSSR count). The van der Waals surface area contributed by atoms with Crippen LogP contribution in [0.2, 0.25) is 0 Å². The Morgan fingerprint density at radius 2 is 1.61 bits per heavy atom. The van der Waals surface area contributed by atoms with E-state index < -0.39 is 5.69 Å². The van der Waals surface area contributed by atoms with Crippen LogP contribution in [0, 0.1) is 13.8 Å². The van der Waals surface area contributed by atoms with E-state index in [0.29, 0.717) is 16.8 Å². The molecular weight excluding hydrogens is 454 g/mol. The number of aryl methyl sites for hydroxylation is 3. The molecule has 0 atom stereocenters. The van der Waals surface area contributed by atoms with Crippen LogP contribution in [0.3, 0.4) is 0 Å². The van der Waals surface area contributed by atoms with Crippen molar-refractivity contribution >= 4 is 33.3 Å². The molecule has 1 aliphatic rings. The third kappa shape index (κ3) is 3.17. The Hall–Kier alpha value is -4.33. The van der Waals surface area contributed by atoms with Gasteiger partial charge in [0.25, 0.3) is 11.1 Å². The second kappa shape index (κ2) is 7.84. The standard InChI is InChI=1S/C28H27N5O3/c1-16-17(2)30(3)23-13-10-18(14-21(16)23)29-22-15-24(34)31(4)26-25(22)27(35)33(20-11-12-20)28(36)32(26)19-8-6-5-7-9-19/h5-10,13-15,20,29H,11-12H2,1-4H3. The van der Waals surface area contributed by atoms with Crippen LogP contribution in [0.5, 0.6) is 0 Å². The number of hydrogen-bond donors (Lipinski definition) is 1. The lowest BCUT2D eigenvalue weighted by molar-refractivity contribution is 0.637. The van der Waals surface area contributed by atoms with E-state index >= 15 is 0 Å². The molecule has 0 spiro atoms. The van der Waals surface area contributed by atoms with Gasteiger partial charge in [0.2, 0.25) is 0 Å². The molecule has 0 saturated heterocycles. The van der Waals surface area contributed by atoms with E-state index in [4.69, 9.17) is 0 Å². The minimum atomic E-state index is -0.426. The summed E-state index contributed by atoms with van der Waals surface area (Å²) >= 11 is 0. The molecular formula is C28H27N5O3. The smallest absolute Gasteiger partial charge is 0.337 e. The molecule has 0 unspecified atom stereocenters. The summed E-state index contributed by atoms with van der Waals surface area (Å²) in [6.45, 7) is 4.17. The summed E-state index contributed by atoms with van der Waals surface area (Å²) in [5, 5.41) is 4.75. The van der Waals surface area contributed by atoms with E-state index in [1.807, 2.05) is 55.6 Å². The molecule has 8 nitrogen and oxygen atoms in total. The lowest BCUT2D eigenvalue weighted by atomic mass is 10.1. The number of anilines is 2. The van der Waals surface area contributed by atoms with Crippen LogP contribution in [0.4, 0.5) is 11.4 Å². The first kappa shape index (κ1) is 22.2. The van der Waals surface area contributed by atoms with E-state index in [9.17, 15) is 14.4 Å². The van der Waals surface area contributed by atoms with Crippen molar-refractivity contribution < 1.29 is 0 Å². The lowest BCUT2D eigenvalue weighted by Gasteiger charge is -2.18. The molecule has 0 radical (unpaired) electrons. The van der Waals surface area contributed by atoms with Crippen molar-refractivity contribution in [3.05, 3.63) is 97.0 Å².